The second-order valence-electron chi connectivity index (χ2n) is 8.49. The Morgan fingerprint density at radius 3 is 2.19 bits per heavy atom. The molecular weight excluding hydrogens is 490 g/mol. The molecule has 1 aromatic heterocycles. The molecule has 4 aromatic rings. The van der Waals surface area contributed by atoms with Crippen LogP contribution >= 0.6 is 0 Å². The number of nitrogens with two attached hydrogens (primary N) is 2. The Kier molecular flexibility index (Phi) is 7.80. The Bertz CT molecular complexity index is 1490. The zero-order valence-electron chi connectivity index (χ0n) is 20.2. The maximum Gasteiger partial charge on any atom is 0.228 e. The van der Waals surface area contributed by atoms with Crippen molar-refractivity contribution in [1.82, 2.24) is 9.97 Å². The van der Waals surface area contributed by atoms with Crippen molar-refractivity contribution in [2.24, 2.45) is 0 Å². The van der Waals surface area contributed by atoms with Crippen molar-refractivity contribution in [2.45, 2.75) is 24.5 Å². The van der Waals surface area contributed by atoms with Gasteiger partial charge in [0.2, 0.25) is 11.9 Å². The van der Waals surface area contributed by atoms with Crippen LogP contribution in [0.1, 0.15) is 16.8 Å². The van der Waals surface area contributed by atoms with Gasteiger partial charge in [-0.3, -0.25) is 4.79 Å². The summed E-state index contributed by atoms with van der Waals surface area (Å²) in [5.74, 6) is 0.0679. The minimum Gasteiger partial charge on any atom is -0.383 e. The van der Waals surface area contributed by atoms with Crippen LogP contribution in [0.2, 0.25) is 0 Å². The first-order valence-electron chi connectivity index (χ1n) is 11.4. The van der Waals surface area contributed by atoms with E-state index in [2.05, 4.69) is 15.3 Å². The molecule has 0 aliphatic rings. The van der Waals surface area contributed by atoms with Gasteiger partial charge in [0.05, 0.1) is 30.2 Å². The Morgan fingerprint density at radius 1 is 0.865 bits per heavy atom. The smallest absolute Gasteiger partial charge is 0.228 e. The molecule has 0 spiro atoms. The standard InChI is InChI=1S/C27H27N5O4S/c1-37(34,35)22-13-7-18(8-14-22)15-24(33)30-21-11-9-20(10-12-21)25-23(31-27(29)32-26(25)28)17-36-16-19-5-3-2-4-6-19/h2-14H,15-17H2,1H3,(H,30,33)(H4,28,29,31,32). The van der Waals surface area contributed by atoms with Crippen LogP contribution in [-0.4, -0.2) is 30.5 Å². The Hall–Kier alpha value is -4.28. The van der Waals surface area contributed by atoms with Crippen molar-refractivity contribution in [2.75, 3.05) is 23.0 Å². The molecule has 0 saturated carbocycles. The average Bonchev–Trinajstić information content (AvgIpc) is 2.85. The molecule has 190 valence electrons. The Balaban J connectivity index is 1.43. The minimum atomic E-state index is -3.28. The maximum atomic E-state index is 12.5. The summed E-state index contributed by atoms with van der Waals surface area (Å²) in [6.07, 6.45) is 1.25. The van der Waals surface area contributed by atoms with Gasteiger partial charge in [0.25, 0.3) is 0 Å². The number of carbonyl (C=O) groups is 1. The number of rotatable bonds is 9. The molecular formula is C27H27N5O4S. The summed E-state index contributed by atoms with van der Waals surface area (Å²) in [7, 11) is -3.28. The molecule has 0 bridgehead atoms. The van der Waals surface area contributed by atoms with Gasteiger partial charge in [-0.1, -0.05) is 54.6 Å². The van der Waals surface area contributed by atoms with E-state index in [-0.39, 0.29) is 35.6 Å². The van der Waals surface area contributed by atoms with Gasteiger partial charge in [0, 0.05) is 17.5 Å². The molecule has 0 unspecified atom stereocenters. The molecule has 0 aliphatic carbocycles. The van der Waals surface area contributed by atoms with Crippen molar-refractivity contribution < 1.29 is 17.9 Å². The van der Waals surface area contributed by atoms with E-state index in [0.29, 0.717) is 29.1 Å². The van der Waals surface area contributed by atoms with E-state index in [9.17, 15) is 13.2 Å². The molecule has 3 aromatic carbocycles. The summed E-state index contributed by atoms with van der Waals surface area (Å²) < 4.78 is 29.0. The van der Waals surface area contributed by atoms with Crippen LogP contribution in [0.4, 0.5) is 17.5 Å². The second-order valence-corrected chi connectivity index (χ2v) is 10.5. The molecule has 5 N–H and O–H groups in total. The Labute approximate surface area is 215 Å². The van der Waals surface area contributed by atoms with Crippen molar-refractivity contribution >= 4 is 33.2 Å². The highest BCUT2D eigenvalue weighted by Crippen LogP contribution is 2.30. The first-order valence-corrected chi connectivity index (χ1v) is 13.3. The number of carbonyl (C=O) groups excluding carboxylic acids is 1. The van der Waals surface area contributed by atoms with Crippen molar-refractivity contribution in [1.29, 1.82) is 0 Å². The Morgan fingerprint density at radius 2 is 1.54 bits per heavy atom. The molecule has 1 amide bonds. The summed E-state index contributed by atoms with van der Waals surface area (Å²) >= 11 is 0. The van der Waals surface area contributed by atoms with Gasteiger partial charge in [-0.2, -0.15) is 4.98 Å². The molecule has 37 heavy (non-hydrogen) atoms. The van der Waals surface area contributed by atoms with Crippen LogP contribution in [0.15, 0.2) is 83.8 Å². The lowest BCUT2D eigenvalue weighted by Crippen LogP contribution is -2.14. The number of anilines is 3. The summed E-state index contributed by atoms with van der Waals surface area (Å²) in [6, 6.07) is 23.1. The monoisotopic (exact) mass is 517 g/mol. The van der Waals surface area contributed by atoms with E-state index < -0.39 is 9.84 Å². The van der Waals surface area contributed by atoms with Crippen molar-refractivity contribution in [3.63, 3.8) is 0 Å². The molecule has 9 nitrogen and oxygen atoms in total. The van der Waals surface area contributed by atoms with Gasteiger partial charge < -0.3 is 21.5 Å². The number of amides is 1. The lowest BCUT2D eigenvalue weighted by molar-refractivity contribution is -0.115. The molecule has 0 atom stereocenters. The number of nitrogen functional groups attached to an aromatic ring is 2. The number of hydrogen-bond donors (Lipinski definition) is 3. The zero-order valence-corrected chi connectivity index (χ0v) is 21.0. The van der Waals surface area contributed by atoms with Gasteiger partial charge in [0.1, 0.15) is 5.82 Å². The topological polar surface area (TPSA) is 150 Å². The maximum absolute atomic E-state index is 12.5. The number of nitrogens with zero attached hydrogens (tertiary/aromatic N) is 2. The SMILES string of the molecule is CS(=O)(=O)c1ccc(CC(=O)Nc2ccc(-c3c(N)nc(N)nc3COCc3ccccc3)cc2)cc1. The molecule has 1 heterocycles. The highest BCUT2D eigenvalue weighted by Gasteiger charge is 2.15. The first-order chi connectivity index (χ1) is 17.7. The van der Waals surface area contributed by atoms with E-state index in [1.807, 2.05) is 42.5 Å². The van der Waals surface area contributed by atoms with Crippen molar-refractivity contribution in [3.05, 3.63) is 95.7 Å². The number of ether oxygens (including phenoxy) is 1. The molecule has 0 fully saturated rings. The largest absolute Gasteiger partial charge is 0.383 e. The van der Waals surface area contributed by atoms with Crippen LogP contribution in [0.5, 0.6) is 0 Å². The first kappa shape index (κ1) is 25.8. The molecule has 0 radical (unpaired) electrons. The molecule has 0 saturated heterocycles. The lowest BCUT2D eigenvalue weighted by atomic mass is 10.0. The quantitative estimate of drug-likeness (QED) is 0.305. The summed E-state index contributed by atoms with van der Waals surface area (Å²) in [5.41, 5.74) is 16.3. The van der Waals surface area contributed by atoms with Gasteiger partial charge in [0.15, 0.2) is 9.84 Å². The number of nitrogens with one attached hydrogen (secondary N) is 1. The van der Waals surface area contributed by atoms with Crippen LogP contribution in [0, 0.1) is 0 Å². The highest BCUT2D eigenvalue weighted by atomic mass is 32.2. The van der Waals surface area contributed by atoms with Gasteiger partial charge in [-0.25, -0.2) is 13.4 Å². The molecule has 0 aliphatic heterocycles. The van der Waals surface area contributed by atoms with Gasteiger partial charge in [-0.15, -0.1) is 0 Å². The third-order valence-corrected chi connectivity index (χ3v) is 6.68. The fraction of sp³-hybridized carbons (Fsp3) is 0.148. The van der Waals surface area contributed by atoms with Crippen molar-refractivity contribution in [3.8, 4) is 11.1 Å². The van der Waals surface area contributed by atoms with Crippen LogP contribution < -0.4 is 16.8 Å². The fourth-order valence-corrected chi connectivity index (χ4v) is 4.40. The van der Waals surface area contributed by atoms with Crippen LogP contribution in [0.25, 0.3) is 11.1 Å². The van der Waals surface area contributed by atoms with Gasteiger partial charge >= 0.3 is 0 Å². The summed E-state index contributed by atoms with van der Waals surface area (Å²) in [4.78, 5) is 21.1. The second kappa shape index (κ2) is 11.2. The number of hydrogen-bond acceptors (Lipinski definition) is 8. The van der Waals surface area contributed by atoms with E-state index in [1.165, 1.54) is 12.1 Å². The van der Waals surface area contributed by atoms with E-state index >= 15 is 0 Å². The fourth-order valence-electron chi connectivity index (χ4n) is 3.77. The number of sulfone groups is 1. The minimum absolute atomic E-state index is 0.0630. The van der Waals surface area contributed by atoms with Crippen LogP contribution in [0.3, 0.4) is 0 Å². The highest BCUT2D eigenvalue weighted by molar-refractivity contribution is 7.90. The molecule has 10 heteroatoms. The van der Waals surface area contributed by atoms with E-state index in [1.54, 1.807) is 24.3 Å². The van der Waals surface area contributed by atoms with Gasteiger partial charge in [-0.05, 0) is 41.0 Å². The average molecular weight is 518 g/mol. The number of aromatic nitrogens is 2. The lowest BCUT2D eigenvalue weighted by Gasteiger charge is -2.13. The van der Waals surface area contributed by atoms with E-state index in [0.717, 1.165) is 17.4 Å². The third kappa shape index (κ3) is 6.90. The third-order valence-electron chi connectivity index (χ3n) is 5.55. The molecule has 4 rings (SSSR count). The number of benzene rings is 3. The van der Waals surface area contributed by atoms with Crippen LogP contribution in [-0.2, 0) is 39.0 Å². The normalized spacial score (nSPS) is 11.3. The summed E-state index contributed by atoms with van der Waals surface area (Å²) in [6.45, 7) is 0.601. The zero-order chi connectivity index (χ0) is 26.4. The van der Waals surface area contributed by atoms with E-state index in [4.69, 9.17) is 16.2 Å². The predicted octanol–water partition coefficient (Wildman–Crippen LogP) is 3.61. The summed E-state index contributed by atoms with van der Waals surface area (Å²) in [5, 5.41) is 2.84. The predicted molar refractivity (Wildman–Crippen MR) is 143 cm³/mol.